The minimum atomic E-state index is -3.84. The molecule has 2 atom stereocenters. The van der Waals surface area contributed by atoms with Crippen molar-refractivity contribution in [2.24, 2.45) is 4.36 Å². The van der Waals surface area contributed by atoms with E-state index in [4.69, 9.17) is 18.9 Å². The number of benzene rings is 3. The molecule has 61 heavy (non-hydrogen) atoms. The number of esters is 1. The lowest BCUT2D eigenvalue weighted by Crippen LogP contribution is -2.46. The second-order valence-corrected chi connectivity index (χ2v) is 19.4. The van der Waals surface area contributed by atoms with Gasteiger partial charge in [-0.2, -0.15) is 4.31 Å². The molecule has 1 aliphatic heterocycles. The molecular formula is C47H61F2N3O8S. The number of nitrogens with zero attached hydrogens (tertiary/aromatic N) is 3. The molecule has 3 aromatic rings. The van der Waals surface area contributed by atoms with Gasteiger partial charge in [-0.05, 0) is 119 Å². The third-order valence-corrected chi connectivity index (χ3v) is 13.9. The normalized spacial score (nSPS) is 18.7. The van der Waals surface area contributed by atoms with E-state index in [1.165, 1.54) is 4.31 Å². The molecule has 11 nitrogen and oxygen atoms in total. The zero-order valence-electron chi connectivity index (χ0n) is 36.2. The highest BCUT2D eigenvalue weighted by atomic mass is 32.2. The fraction of sp³-hybridized carbons (Fsp3) is 0.553. The molecule has 2 amide bonds. The van der Waals surface area contributed by atoms with E-state index in [1.807, 2.05) is 62.4 Å². The summed E-state index contributed by atoms with van der Waals surface area (Å²) in [7, 11) is -3.84. The third-order valence-electron chi connectivity index (χ3n) is 11.5. The van der Waals surface area contributed by atoms with Gasteiger partial charge in [0.05, 0.1) is 13.2 Å². The maximum Gasteiger partial charge on any atom is 0.443 e. The Hall–Kier alpha value is -4.56. The second-order valence-electron chi connectivity index (χ2n) is 17.3. The Morgan fingerprint density at radius 2 is 1.56 bits per heavy atom. The summed E-state index contributed by atoms with van der Waals surface area (Å²) in [5.74, 6) is -3.21. The summed E-state index contributed by atoms with van der Waals surface area (Å²) < 4.78 is 72.9. The number of fused-ring (bicyclic) bond motifs is 3. The predicted octanol–water partition coefficient (Wildman–Crippen LogP) is 10.9. The summed E-state index contributed by atoms with van der Waals surface area (Å²) >= 11 is 0. The minimum absolute atomic E-state index is 0.0236. The van der Waals surface area contributed by atoms with Crippen molar-refractivity contribution in [3.8, 4) is 16.9 Å². The van der Waals surface area contributed by atoms with Crippen LogP contribution in [0, 0.1) is 6.92 Å². The van der Waals surface area contributed by atoms with Crippen LogP contribution in [0.3, 0.4) is 0 Å². The van der Waals surface area contributed by atoms with Crippen molar-refractivity contribution in [2.45, 2.75) is 140 Å². The number of rotatable bonds is 16. The van der Waals surface area contributed by atoms with Gasteiger partial charge in [0.25, 0.3) is 0 Å². The first kappa shape index (κ1) is 46.0. The standard InChI is InChI=1S/C47H61F2N3O8S/c1-6-7-29-58-43(53)40-20-15-28-52(40)61(56,50-44(54)59-32-39-37-18-11-9-16-35(37)36-17-10-12-19-38(36)39)42-22-21-33(2)31-41(42)57-30-14-8-13-27-51(45(55)60-46(3,4)5)34-23-25-47(48,49)26-24-34/h9-12,16-19,21-22,31,34,39-40H,6-8,13-15,20,23-30,32H2,1-5H3/t40-,61?/m0/s1. The van der Waals surface area contributed by atoms with Gasteiger partial charge in [0.15, 0.2) is 9.92 Å². The topological polar surface area (TPSA) is 124 Å². The minimum Gasteiger partial charge on any atom is -0.492 e. The second kappa shape index (κ2) is 20.1. The Balaban J connectivity index is 1.19. The summed E-state index contributed by atoms with van der Waals surface area (Å²) in [4.78, 5) is 42.3. The lowest BCUT2D eigenvalue weighted by atomic mass is 9.91. The molecular weight excluding hydrogens is 805 g/mol. The zero-order chi connectivity index (χ0) is 43.8. The van der Waals surface area contributed by atoms with E-state index >= 15 is 4.21 Å². The zero-order valence-corrected chi connectivity index (χ0v) is 37.0. The van der Waals surface area contributed by atoms with Crippen molar-refractivity contribution < 1.29 is 46.3 Å². The highest BCUT2D eigenvalue weighted by Gasteiger charge is 2.42. The molecule has 0 N–H and O–H groups in total. The van der Waals surface area contributed by atoms with E-state index in [0.29, 0.717) is 45.1 Å². The lowest BCUT2D eigenvalue weighted by Gasteiger charge is -2.37. The molecule has 0 radical (unpaired) electrons. The Kier molecular flexibility index (Phi) is 15.1. The molecule has 6 rings (SSSR count). The first-order valence-electron chi connectivity index (χ1n) is 21.8. The van der Waals surface area contributed by atoms with Crippen LogP contribution in [0.15, 0.2) is 76.0 Å². The molecule has 3 aliphatic rings. The summed E-state index contributed by atoms with van der Waals surface area (Å²) in [5, 5.41) is 0. The number of hydrogen-bond donors (Lipinski definition) is 0. The van der Waals surface area contributed by atoms with Gasteiger partial charge in [-0.3, -0.25) is 4.79 Å². The Labute approximate surface area is 359 Å². The van der Waals surface area contributed by atoms with E-state index in [2.05, 4.69) is 4.36 Å². The molecule has 2 aliphatic carbocycles. The van der Waals surface area contributed by atoms with Gasteiger partial charge in [-0.25, -0.2) is 22.6 Å². The maximum atomic E-state index is 15.6. The SMILES string of the molecule is CCCCOC(=O)[C@@H]1CCCN1S(=O)(=NC(=O)OCC1c2ccccc2-c2ccccc21)c1ccc(C)cc1OCCCCCN(C(=O)OC(C)(C)C)C1CCC(F)(F)CC1. The monoisotopic (exact) mass is 865 g/mol. The van der Waals surface area contributed by atoms with Crippen LogP contribution in [0.2, 0.25) is 0 Å². The van der Waals surface area contributed by atoms with Crippen LogP contribution in [0.4, 0.5) is 18.4 Å². The van der Waals surface area contributed by atoms with Crippen molar-refractivity contribution >= 4 is 28.1 Å². The number of ether oxygens (including phenoxy) is 4. The van der Waals surface area contributed by atoms with E-state index in [0.717, 1.165) is 34.2 Å². The van der Waals surface area contributed by atoms with Gasteiger partial charge >= 0.3 is 18.2 Å². The van der Waals surface area contributed by atoms with Gasteiger partial charge in [-0.15, -0.1) is 4.36 Å². The first-order valence-corrected chi connectivity index (χ1v) is 23.2. The molecule has 1 saturated heterocycles. The fourth-order valence-electron chi connectivity index (χ4n) is 8.41. The van der Waals surface area contributed by atoms with Crippen molar-refractivity contribution in [3.05, 3.63) is 83.4 Å². The van der Waals surface area contributed by atoms with Crippen LogP contribution in [0.1, 0.15) is 121 Å². The van der Waals surface area contributed by atoms with Gasteiger partial charge in [0, 0.05) is 37.9 Å². The maximum absolute atomic E-state index is 15.6. The summed E-state index contributed by atoms with van der Waals surface area (Å²) in [5.41, 5.74) is 4.28. The molecule has 2 fully saturated rings. The molecule has 1 unspecified atom stereocenters. The number of hydrogen-bond acceptors (Lipinski definition) is 8. The quantitative estimate of drug-likeness (QED) is 0.0792. The summed E-state index contributed by atoms with van der Waals surface area (Å²) in [6.45, 7) is 10.2. The van der Waals surface area contributed by atoms with E-state index in [-0.39, 0.29) is 74.7 Å². The highest BCUT2D eigenvalue weighted by molar-refractivity contribution is 7.91. The average molecular weight is 866 g/mol. The van der Waals surface area contributed by atoms with Crippen LogP contribution in [-0.4, -0.2) is 88.1 Å². The molecule has 332 valence electrons. The molecule has 0 spiro atoms. The van der Waals surface area contributed by atoms with Crippen LogP contribution in [-0.2, 0) is 28.9 Å². The summed E-state index contributed by atoms with van der Waals surface area (Å²) in [6, 6.07) is 19.9. The van der Waals surface area contributed by atoms with Crippen molar-refractivity contribution in [2.75, 3.05) is 32.9 Å². The Morgan fingerprint density at radius 1 is 0.885 bits per heavy atom. The third kappa shape index (κ3) is 11.5. The molecule has 1 heterocycles. The predicted molar refractivity (Wildman–Crippen MR) is 230 cm³/mol. The van der Waals surface area contributed by atoms with Crippen LogP contribution in [0.25, 0.3) is 11.1 Å². The van der Waals surface area contributed by atoms with Crippen LogP contribution in [0.5, 0.6) is 5.75 Å². The number of unbranched alkanes of at least 4 members (excludes halogenated alkanes) is 3. The fourth-order valence-corrected chi connectivity index (χ4v) is 10.7. The number of aryl methyl sites for hydroxylation is 1. The van der Waals surface area contributed by atoms with Crippen molar-refractivity contribution in [1.82, 2.24) is 9.21 Å². The number of carbonyl (C=O) groups excluding carboxylic acids is 3. The average Bonchev–Trinajstić information content (AvgIpc) is 3.84. The molecule has 0 aromatic heterocycles. The number of halogens is 2. The highest BCUT2D eigenvalue weighted by Crippen LogP contribution is 2.45. The van der Waals surface area contributed by atoms with E-state index < -0.39 is 45.6 Å². The summed E-state index contributed by atoms with van der Waals surface area (Å²) in [6.07, 6.45) is 2.59. The van der Waals surface area contributed by atoms with Crippen LogP contribution >= 0.6 is 0 Å². The van der Waals surface area contributed by atoms with E-state index in [9.17, 15) is 23.2 Å². The van der Waals surface area contributed by atoms with Gasteiger partial charge in [-0.1, -0.05) is 67.9 Å². The Morgan fingerprint density at radius 3 is 2.21 bits per heavy atom. The smallest absolute Gasteiger partial charge is 0.443 e. The first-order chi connectivity index (χ1) is 29.1. The lowest BCUT2D eigenvalue weighted by molar-refractivity contribution is -0.147. The van der Waals surface area contributed by atoms with Crippen molar-refractivity contribution in [3.63, 3.8) is 0 Å². The number of alkyl halides is 2. The number of amides is 2. The van der Waals surface area contributed by atoms with Gasteiger partial charge in [0.2, 0.25) is 5.92 Å². The van der Waals surface area contributed by atoms with Gasteiger partial charge in [0.1, 0.15) is 28.9 Å². The largest absolute Gasteiger partial charge is 0.492 e. The molecule has 3 aromatic carbocycles. The Bertz CT molecular complexity index is 2090. The molecule has 14 heteroatoms. The van der Waals surface area contributed by atoms with Crippen LogP contribution < -0.4 is 4.74 Å². The molecule has 1 saturated carbocycles. The van der Waals surface area contributed by atoms with Crippen molar-refractivity contribution in [1.29, 1.82) is 0 Å². The number of carbonyl (C=O) groups is 3. The van der Waals surface area contributed by atoms with E-state index in [1.54, 1.807) is 43.9 Å². The van der Waals surface area contributed by atoms with Gasteiger partial charge < -0.3 is 23.8 Å². The molecule has 0 bridgehead atoms.